The lowest BCUT2D eigenvalue weighted by Crippen LogP contribution is -2.19. The number of aromatic nitrogens is 3. The Morgan fingerprint density at radius 1 is 1.40 bits per heavy atom. The summed E-state index contributed by atoms with van der Waals surface area (Å²) < 4.78 is 0. The zero-order chi connectivity index (χ0) is 14.5. The van der Waals surface area contributed by atoms with Gasteiger partial charge in [-0.1, -0.05) is 18.5 Å². The van der Waals surface area contributed by atoms with Crippen molar-refractivity contribution in [3.05, 3.63) is 27.3 Å². The molecule has 0 atom stereocenters. The van der Waals surface area contributed by atoms with Crippen molar-refractivity contribution in [1.82, 2.24) is 15.0 Å². The van der Waals surface area contributed by atoms with Gasteiger partial charge in [-0.05, 0) is 13.3 Å². The minimum atomic E-state index is 0.543. The number of thiazole rings is 1. The maximum Gasteiger partial charge on any atom is 0.224 e. The molecule has 2 aromatic heterocycles. The third-order valence-corrected chi connectivity index (χ3v) is 3.77. The molecule has 2 rings (SSSR count). The fourth-order valence-corrected chi connectivity index (χ4v) is 2.59. The van der Waals surface area contributed by atoms with E-state index in [1.54, 1.807) is 17.5 Å². The molecule has 0 spiro atoms. The molecule has 7 heteroatoms. The van der Waals surface area contributed by atoms with E-state index in [1.807, 2.05) is 18.9 Å². The second-order valence-corrected chi connectivity index (χ2v) is 5.98. The summed E-state index contributed by atoms with van der Waals surface area (Å²) in [7, 11) is 1.95. The lowest BCUT2D eigenvalue weighted by atomic mass is 10.4. The van der Waals surface area contributed by atoms with Gasteiger partial charge < -0.3 is 10.2 Å². The van der Waals surface area contributed by atoms with Crippen molar-refractivity contribution in [2.45, 2.75) is 26.8 Å². The summed E-state index contributed by atoms with van der Waals surface area (Å²) in [4.78, 5) is 15.1. The average molecular weight is 312 g/mol. The molecule has 0 unspecified atom stereocenters. The zero-order valence-electron chi connectivity index (χ0n) is 11.9. The highest BCUT2D eigenvalue weighted by molar-refractivity contribution is 7.09. The van der Waals surface area contributed by atoms with Crippen LogP contribution in [0, 0.1) is 6.92 Å². The molecule has 0 saturated heterocycles. The first kappa shape index (κ1) is 15.0. The highest BCUT2D eigenvalue weighted by atomic mass is 35.5. The Kier molecular flexibility index (Phi) is 5.14. The van der Waals surface area contributed by atoms with Crippen LogP contribution in [0.25, 0.3) is 0 Å². The van der Waals surface area contributed by atoms with Crippen LogP contribution >= 0.6 is 22.9 Å². The lowest BCUT2D eigenvalue weighted by Gasteiger charge is -2.18. The van der Waals surface area contributed by atoms with Gasteiger partial charge in [0.1, 0.15) is 5.02 Å². The molecule has 2 aromatic rings. The largest absolute Gasteiger partial charge is 0.354 e. The number of anilines is 2. The van der Waals surface area contributed by atoms with E-state index in [9.17, 15) is 0 Å². The highest BCUT2D eigenvalue weighted by Gasteiger charge is 2.12. The van der Waals surface area contributed by atoms with Gasteiger partial charge in [0.2, 0.25) is 5.95 Å². The molecule has 0 aliphatic carbocycles. The molecular formula is C13H18ClN5S. The van der Waals surface area contributed by atoms with Crippen LogP contribution in [0.15, 0.2) is 11.6 Å². The molecule has 108 valence electrons. The summed E-state index contributed by atoms with van der Waals surface area (Å²) in [6.07, 6.45) is 2.65. The minimum absolute atomic E-state index is 0.543. The topological polar surface area (TPSA) is 53.9 Å². The fraction of sp³-hybridized carbons (Fsp3) is 0.462. The monoisotopic (exact) mass is 311 g/mol. The first-order valence-electron chi connectivity index (χ1n) is 6.48. The van der Waals surface area contributed by atoms with Crippen LogP contribution in [0.5, 0.6) is 0 Å². The normalized spacial score (nSPS) is 10.6. The lowest BCUT2D eigenvalue weighted by molar-refractivity contribution is 0.862. The van der Waals surface area contributed by atoms with Crippen molar-refractivity contribution in [2.24, 2.45) is 0 Å². The first-order valence-corrected chi connectivity index (χ1v) is 7.74. The number of hydrogen-bond acceptors (Lipinski definition) is 6. The molecule has 0 amide bonds. The predicted molar refractivity (Wildman–Crippen MR) is 84.8 cm³/mol. The molecule has 0 aliphatic heterocycles. The fourth-order valence-electron chi connectivity index (χ4n) is 1.75. The van der Waals surface area contributed by atoms with Gasteiger partial charge in [-0.3, -0.25) is 0 Å². The summed E-state index contributed by atoms with van der Waals surface area (Å²) >= 11 is 7.83. The molecule has 0 aromatic carbocycles. The molecule has 0 saturated carbocycles. The Hall–Kier alpha value is -1.40. The molecule has 1 N–H and O–H groups in total. The van der Waals surface area contributed by atoms with Crippen molar-refractivity contribution in [1.29, 1.82) is 0 Å². The van der Waals surface area contributed by atoms with E-state index in [4.69, 9.17) is 11.6 Å². The van der Waals surface area contributed by atoms with E-state index in [2.05, 4.69) is 32.6 Å². The standard InChI is InChI=1S/C13H18ClN5S/c1-4-5-15-13-16-6-11(14)12(18-13)19(3)7-10-8-20-9(2)17-10/h6,8H,4-5,7H2,1-3H3,(H,15,16,18). The molecule has 20 heavy (non-hydrogen) atoms. The van der Waals surface area contributed by atoms with Gasteiger partial charge >= 0.3 is 0 Å². The van der Waals surface area contributed by atoms with Crippen LogP contribution in [0.2, 0.25) is 5.02 Å². The van der Waals surface area contributed by atoms with E-state index in [0.29, 0.717) is 23.3 Å². The van der Waals surface area contributed by atoms with Gasteiger partial charge in [-0.15, -0.1) is 11.3 Å². The Balaban J connectivity index is 2.13. The van der Waals surface area contributed by atoms with Gasteiger partial charge in [0.25, 0.3) is 0 Å². The second-order valence-electron chi connectivity index (χ2n) is 4.51. The highest BCUT2D eigenvalue weighted by Crippen LogP contribution is 2.24. The minimum Gasteiger partial charge on any atom is -0.354 e. The Morgan fingerprint density at radius 3 is 2.85 bits per heavy atom. The van der Waals surface area contributed by atoms with Crippen molar-refractivity contribution in [3.63, 3.8) is 0 Å². The Morgan fingerprint density at radius 2 is 2.20 bits per heavy atom. The summed E-state index contributed by atoms with van der Waals surface area (Å²) in [5, 5.41) is 6.82. The number of rotatable bonds is 6. The average Bonchev–Trinajstić information content (AvgIpc) is 2.83. The van der Waals surface area contributed by atoms with Crippen LogP contribution < -0.4 is 10.2 Å². The van der Waals surface area contributed by atoms with E-state index >= 15 is 0 Å². The van der Waals surface area contributed by atoms with Crippen molar-refractivity contribution in [2.75, 3.05) is 23.8 Å². The third-order valence-electron chi connectivity index (χ3n) is 2.69. The van der Waals surface area contributed by atoms with Gasteiger partial charge in [-0.2, -0.15) is 4.98 Å². The van der Waals surface area contributed by atoms with Crippen LogP contribution in [0.3, 0.4) is 0 Å². The van der Waals surface area contributed by atoms with Gasteiger partial charge in [0.05, 0.1) is 23.4 Å². The molecule has 2 heterocycles. The summed E-state index contributed by atoms with van der Waals surface area (Å²) in [6, 6.07) is 0. The molecule has 0 aliphatic rings. The van der Waals surface area contributed by atoms with E-state index in [0.717, 1.165) is 23.7 Å². The first-order chi connectivity index (χ1) is 9.60. The number of halogens is 1. The van der Waals surface area contributed by atoms with Gasteiger partial charge in [-0.25, -0.2) is 9.97 Å². The summed E-state index contributed by atoms with van der Waals surface area (Å²) in [6.45, 7) is 5.61. The Bertz CT molecular complexity index is 572. The van der Waals surface area contributed by atoms with E-state index in [-0.39, 0.29) is 0 Å². The van der Waals surface area contributed by atoms with Crippen molar-refractivity contribution in [3.8, 4) is 0 Å². The number of nitrogens with one attached hydrogen (secondary N) is 1. The third kappa shape index (κ3) is 3.80. The van der Waals surface area contributed by atoms with Crippen molar-refractivity contribution >= 4 is 34.7 Å². The number of nitrogens with zero attached hydrogens (tertiary/aromatic N) is 4. The van der Waals surface area contributed by atoms with Crippen molar-refractivity contribution < 1.29 is 0 Å². The molecular weight excluding hydrogens is 294 g/mol. The van der Waals surface area contributed by atoms with Gasteiger partial charge in [0.15, 0.2) is 5.82 Å². The van der Waals surface area contributed by atoms with Crippen LogP contribution in [0.1, 0.15) is 24.0 Å². The van der Waals surface area contributed by atoms with E-state index in [1.165, 1.54) is 0 Å². The maximum atomic E-state index is 6.18. The Labute approximate surface area is 128 Å². The van der Waals surface area contributed by atoms with Crippen LogP contribution in [-0.2, 0) is 6.54 Å². The smallest absolute Gasteiger partial charge is 0.224 e. The SMILES string of the molecule is CCCNc1ncc(Cl)c(N(C)Cc2csc(C)n2)n1. The zero-order valence-corrected chi connectivity index (χ0v) is 13.4. The molecule has 5 nitrogen and oxygen atoms in total. The van der Waals surface area contributed by atoms with E-state index < -0.39 is 0 Å². The molecule has 0 radical (unpaired) electrons. The molecule has 0 fully saturated rings. The predicted octanol–water partition coefficient (Wildman–Crippen LogP) is 3.35. The summed E-state index contributed by atoms with van der Waals surface area (Å²) in [5.74, 6) is 1.32. The quantitative estimate of drug-likeness (QED) is 0.886. The number of aryl methyl sites for hydroxylation is 1. The maximum absolute atomic E-state index is 6.18. The summed E-state index contributed by atoms with van der Waals surface area (Å²) in [5.41, 5.74) is 1.02. The molecule has 0 bridgehead atoms. The number of hydrogen-bond donors (Lipinski definition) is 1. The van der Waals surface area contributed by atoms with Gasteiger partial charge in [0, 0.05) is 19.0 Å². The van der Waals surface area contributed by atoms with Crippen LogP contribution in [-0.4, -0.2) is 28.5 Å². The second kappa shape index (κ2) is 6.85. The van der Waals surface area contributed by atoms with Crippen LogP contribution in [0.4, 0.5) is 11.8 Å².